The van der Waals surface area contributed by atoms with Crippen molar-refractivity contribution in [2.75, 3.05) is 9.80 Å². The Balaban J connectivity index is 1.49. The average Bonchev–Trinajstić information content (AvgIpc) is 3.13. The van der Waals surface area contributed by atoms with Gasteiger partial charge in [-0.3, -0.25) is 0 Å². The Morgan fingerprint density at radius 2 is 0.978 bits per heavy atom. The van der Waals surface area contributed by atoms with E-state index in [2.05, 4.69) is 101 Å². The molecule has 0 aliphatic heterocycles. The summed E-state index contributed by atoms with van der Waals surface area (Å²) in [5.41, 5.74) is 7.05. The number of nitriles is 2. The van der Waals surface area contributed by atoms with Crippen molar-refractivity contribution in [1.29, 1.82) is 10.5 Å². The first-order valence-corrected chi connectivity index (χ1v) is 15.5. The van der Waals surface area contributed by atoms with Gasteiger partial charge in [0.2, 0.25) is 0 Å². The van der Waals surface area contributed by atoms with Crippen LogP contribution < -0.4 is 9.80 Å². The Morgan fingerprint density at radius 1 is 0.522 bits per heavy atom. The van der Waals surface area contributed by atoms with E-state index in [0.29, 0.717) is 11.1 Å². The average molecular weight is 589 g/mol. The number of rotatable bonds is 6. The van der Waals surface area contributed by atoms with E-state index in [1.807, 2.05) is 66.7 Å². The monoisotopic (exact) mass is 588 g/mol. The summed E-state index contributed by atoms with van der Waals surface area (Å²) in [5, 5.41) is 27.3. The lowest BCUT2D eigenvalue weighted by molar-refractivity contribution is 0.919. The third-order valence-electron chi connectivity index (χ3n) is 8.86. The highest BCUT2D eigenvalue weighted by atomic mass is 15.2. The van der Waals surface area contributed by atoms with Gasteiger partial charge in [-0.15, -0.1) is 0 Å². The summed E-state index contributed by atoms with van der Waals surface area (Å²) in [6.45, 7) is 0. The second kappa shape index (κ2) is 11.3. The first-order chi connectivity index (χ1) is 22.8. The van der Waals surface area contributed by atoms with E-state index < -0.39 is 0 Å². The SMILES string of the molecule is N#Cc1cc2ccc3c(N(c4ccccc4)c4ccccc4)c(C#N)cc4ccc(c1N(C1=CC=CCC1)c1ccccc1)c2c43. The maximum absolute atomic E-state index is 10.6. The molecule has 0 bridgehead atoms. The van der Waals surface area contributed by atoms with Crippen molar-refractivity contribution in [2.45, 2.75) is 12.8 Å². The lowest BCUT2D eigenvalue weighted by Crippen LogP contribution is -2.19. The molecule has 0 N–H and O–H groups in total. The Labute approximate surface area is 267 Å². The second-order valence-corrected chi connectivity index (χ2v) is 11.5. The number of para-hydroxylation sites is 3. The lowest BCUT2D eigenvalue weighted by atomic mass is 9.88. The third-order valence-corrected chi connectivity index (χ3v) is 8.86. The fourth-order valence-corrected chi connectivity index (χ4v) is 6.93. The highest BCUT2D eigenvalue weighted by Gasteiger charge is 2.26. The molecule has 216 valence electrons. The van der Waals surface area contributed by atoms with Crippen LogP contribution >= 0.6 is 0 Å². The van der Waals surface area contributed by atoms with Gasteiger partial charge in [-0.05, 0) is 89.0 Å². The quantitative estimate of drug-likeness (QED) is 0.181. The summed E-state index contributed by atoms with van der Waals surface area (Å²) in [5.74, 6) is 0. The normalized spacial score (nSPS) is 12.6. The van der Waals surface area contributed by atoms with Gasteiger partial charge in [-0.25, -0.2) is 0 Å². The van der Waals surface area contributed by atoms with E-state index in [4.69, 9.17) is 0 Å². The summed E-state index contributed by atoms with van der Waals surface area (Å²) < 4.78 is 0. The van der Waals surface area contributed by atoms with Crippen LogP contribution in [0.4, 0.5) is 28.4 Å². The molecule has 4 heteroatoms. The molecular formula is C42H28N4. The largest absolute Gasteiger partial charge is 0.312 e. The van der Waals surface area contributed by atoms with Crippen LogP contribution in [0.25, 0.3) is 32.3 Å². The van der Waals surface area contributed by atoms with E-state index in [1.165, 1.54) is 0 Å². The first kappa shape index (κ1) is 27.2. The minimum atomic E-state index is 0.599. The van der Waals surface area contributed by atoms with Crippen molar-refractivity contribution in [1.82, 2.24) is 0 Å². The molecule has 1 aliphatic rings. The van der Waals surface area contributed by atoms with Gasteiger partial charge in [0.25, 0.3) is 0 Å². The van der Waals surface area contributed by atoms with E-state index >= 15 is 0 Å². The minimum absolute atomic E-state index is 0.599. The standard InChI is InChI=1S/C42H28N4/c43-27-31-25-29-22-24-38-40-30(26-32(28-44)42(38)46(35-17-9-3-10-18-35)36-19-11-4-12-20-36)21-23-37(39(29)40)41(31)45(33-13-5-1-6-14-33)34-15-7-2-8-16-34/h1-11,13-19,21-26H,12,20H2. The molecule has 0 atom stereocenters. The van der Waals surface area contributed by atoms with Crippen LogP contribution in [0.15, 0.2) is 151 Å². The second-order valence-electron chi connectivity index (χ2n) is 11.5. The number of allylic oxidation sites excluding steroid dienone is 4. The molecule has 0 saturated heterocycles. The Kier molecular flexibility index (Phi) is 6.68. The van der Waals surface area contributed by atoms with Gasteiger partial charge in [-0.2, -0.15) is 10.5 Å². The summed E-state index contributed by atoms with van der Waals surface area (Å²) >= 11 is 0. The van der Waals surface area contributed by atoms with Crippen molar-refractivity contribution < 1.29 is 0 Å². The summed E-state index contributed by atoms with van der Waals surface area (Å²) in [6, 6.07) is 48.3. The molecule has 7 aromatic carbocycles. The zero-order valence-electron chi connectivity index (χ0n) is 25.1. The maximum atomic E-state index is 10.6. The highest BCUT2D eigenvalue weighted by molar-refractivity contribution is 6.29. The van der Waals surface area contributed by atoms with Gasteiger partial charge in [0.05, 0.1) is 22.5 Å². The van der Waals surface area contributed by atoms with Crippen molar-refractivity contribution >= 4 is 60.8 Å². The van der Waals surface area contributed by atoms with Crippen LogP contribution in [-0.4, -0.2) is 0 Å². The first-order valence-electron chi connectivity index (χ1n) is 15.5. The molecule has 0 heterocycles. The lowest BCUT2D eigenvalue weighted by Gasteiger charge is -2.32. The summed E-state index contributed by atoms with van der Waals surface area (Å²) in [4.78, 5) is 4.44. The van der Waals surface area contributed by atoms with Crippen LogP contribution in [0.1, 0.15) is 24.0 Å². The molecule has 0 spiro atoms. The van der Waals surface area contributed by atoms with Crippen LogP contribution in [-0.2, 0) is 0 Å². The molecule has 46 heavy (non-hydrogen) atoms. The predicted octanol–water partition coefficient (Wildman–Crippen LogP) is 11.2. The van der Waals surface area contributed by atoms with E-state index in [0.717, 1.165) is 79.3 Å². The fourth-order valence-electron chi connectivity index (χ4n) is 6.93. The third kappa shape index (κ3) is 4.36. The predicted molar refractivity (Wildman–Crippen MR) is 189 cm³/mol. The zero-order chi connectivity index (χ0) is 31.0. The maximum Gasteiger partial charge on any atom is 0.101 e. The van der Waals surface area contributed by atoms with E-state index in [1.54, 1.807) is 0 Å². The van der Waals surface area contributed by atoms with E-state index in [-0.39, 0.29) is 0 Å². The van der Waals surface area contributed by atoms with Gasteiger partial charge >= 0.3 is 0 Å². The van der Waals surface area contributed by atoms with Crippen molar-refractivity contribution in [3.63, 3.8) is 0 Å². The molecule has 0 saturated carbocycles. The fraction of sp³-hybridized carbons (Fsp3) is 0.0476. The smallest absolute Gasteiger partial charge is 0.101 e. The number of anilines is 5. The molecule has 7 aromatic rings. The van der Waals surface area contributed by atoms with Crippen LogP contribution in [0.5, 0.6) is 0 Å². The molecule has 0 radical (unpaired) electrons. The molecule has 0 fully saturated rings. The zero-order valence-corrected chi connectivity index (χ0v) is 25.1. The van der Waals surface area contributed by atoms with Gasteiger partial charge < -0.3 is 9.80 Å². The summed E-state index contributed by atoms with van der Waals surface area (Å²) in [7, 11) is 0. The number of hydrogen-bond acceptors (Lipinski definition) is 4. The molecule has 8 rings (SSSR count). The van der Waals surface area contributed by atoms with Gasteiger partial charge in [-0.1, -0.05) is 91.0 Å². The van der Waals surface area contributed by atoms with Crippen LogP contribution in [0.3, 0.4) is 0 Å². The van der Waals surface area contributed by atoms with Gasteiger partial charge in [0.15, 0.2) is 0 Å². The Hall–Kier alpha value is -6.36. The molecule has 0 aromatic heterocycles. The Bertz CT molecular complexity index is 2340. The Morgan fingerprint density at radius 3 is 1.41 bits per heavy atom. The molecule has 4 nitrogen and oxygen atoms in total. The van der Waals surface area contributed by atoms with Crippen molar-refractivity contribution in [3.05, 3.63) is 162 Å². The highest BCUT2D eigenvalue weighted by Crippen LogP contribution is 2.49. The van der Waals surface area contributed by atoms with Crippen molar-refractivity contribution in [3.8, 4) is 12.1 Å². The molecular weight excluding hydrogens is 560 g/mol. The van der Waals surface area contributed by atoms with E-state index in [9.17, 15) is 10.5 Å². The van der Waals surface area contributed by atoms with Crippen LogP contribution in [0.2, 0.25) is 0 Å². The topological polar surface area (TPSA) is 54.1 Å². The van der Waals surface area contributed by atoms with Gasteiger partial charge in [0, 0.05) is 33.5 Å². The number of benzene rings is 7. The molecule has 1 aliphatic carbocycles. The minimum Gasteiger partial charge on any atom is -0.312 e. The number of hydrogen-bond donors (Lipinski definition) is 0. The van der Waals surface area contributed by atoms with Gasteiger partial charge in [0.1, 0.15) is 12.1 Å². The molecule has 0 unspecified atom stereocenters. The van der Waals surface area contributed by atoms with Crippen LogP contribution in [0, 0.1) is 22.7 Å². The molecule has 0 amide bonds. The number of nitrogens with zero attached hydrogens (tertiary/aromatic N) is 4. The van der Waals surface area contributed by atoms with Crippen molar-refractivity contribution in [2.24, 2.45) is 0 Å². The summed E-state index contributed by atoms with van der Waals surface area (Å²) in [6.07, 6.45) is 8.26.